The Morgan fingerprint density at radius 3 is 2.53 bits per heavy atom. The van der Waals surface area contributed by atoms with Crippen molar-refractivity contribution >= 4 is 27.5 Å². The molecule has 0 radical (unpaired) electrons. The van der Waals surface area contributed by atoms with Crippen LogP contribution in [0.2, 0.25) is 5.02 Å². The van der Waals surface area contributed by atoms with E-state index in [0.29, 0.717) is 23.4 Å². The highest BCUT2D eigenvalue weighted by atomic mass is 35.5. The van der Waals surface area contributed by atoms with Gasteiger partial charge >= 0.3 is 0 Å². The second-order valence-corrected chi connectivity index (χ2v) is 9.19. The molecule has 4 rings (SSSR count). The Bertz CT molecular complexity index is 1230. The topological polar surface area (TPSA) is 98.2 Å². The minimum atomic E-state index is -4.10. The standard InChI is InChI=1S/C21H18ClN3O4S/c1-12-3-8-19(24-23-12)14-4-6-15(7-5-14)21(26)25-30(27,28)17-10-16-9-13(2)29-20(16)18(22)11-17/h3-8,10-11,13H,9H2,1-2H3,(H,25,26). The fourth-order valence-corrected chi connectivity index (χ4v) is 4.60. The maximum absolute atomic E-state index is 12.7. The molecular formula is C21H18ClN3O4S. The van der Waals surface area contributed by atoms with E-state index in [0.717, 1.165) is 11.3 Å². The van der Waals surface area contributed by atoms with Crippen molar-refractivity contribution in [1.29, 1.82) is 0 Å². The lowest BCUT2D eigenvalue weighted by Gasteiger charge is -2.10. The molecule has 0 saturated heterocycles. The van der Waals surface area contributed by atoms with Crippen LogP contribution in [0.4, 0.5) is 0 Å². The molecule has 3 aromatic rings. The summed E-state index contributed by atoms with van der Waals surface area (Å²) >= 11 is 6.17. The molecule has 0 bridgehead atoms. The van der Waals surface area contributed by atoms with Crippen LogP contribution in [-0.4, -0.2) is 30.6 Å². The molecule has 0 fully saturated rings. The Balaban J connectivity index is 1.54. The Kier molecular flexibility index (Phi) is 5.21. The molecule has 154 valence electrons. The molecule has 1 atom stereocenters. The van der Waals surface area contributed by atoms with Crippen LogP contribution in [0.25, 0.3) is 11.3 Å². The second-order valence-electron chi connectivity index (χ2n) is 7.10. The van der Waals surface area contributed by atoms with Gasteiger partial charge in [-0.15, -0.1) is 0 Å². The first-order chi connectivity index (χ1) is 14.2. The molecule has 1 amide bonds. The van der Waals surface area contributed by atoms with E-state index < -0.39 is 15.9 Å². The van der Waals surface area contributed by atoms with Crippen molar-refractivity contribution in [3.63, 3.8) is 0 Å². The van der Waals surface area contributed by atoms with E-state index in [2.05, 4.69) is 14.9 Å². The first-order valence-electron chi connectivity index (χ1n) is 9.20. The number of sulfonamides is 1. The third-order valence-corrected chi connectivity index (χ3v) is 6.29. The van der Waals surface area contributed by atoms with Gasteiger partial charge in [0, 0.05) is 23.1 Å². The van der Waals surface area contributed by atoms with Gasteiger partial charge in [-0.2, -0.15) is 10.2 Å². The number of aryl methyl sites for hydroxylation is 1. The van der Waals surface area contributed by atoms with Gasteiger partial charge in [0.15, 0.2) is 0 Å². The molecule has 1 unspecified atom stereocenters. The molecule has 2 heterocycles. The van der Waals surface area contributed by atoms with Gasteiger partial charge in [-0.25, -0.2) is 13.1 Å². The molecule has 0 spiro atoms. The normalized spacial score (nSPS) is 15.4. The SMILES string of the molecule is Cc1ccc(-c2ccc(C(=O)NS(=O)(=O)c3cc(Cl)c4c(c3)CC(C)O4)cc2)nn1. The second kappa shape index (κ2) is 7.70. The number of hydrogen-bond donors (Lipinski definition) is 1. The number of benzene rings is 2. The Morgan fingerprint density at radius 1 is 1.13 bits per heavy atom. The lowest BCUT2D eigenvalue weighted by Crippen LogP contribution is -2.30. The molecule has 9 heteroatoms. The number of fused-ring (bicyclic) bond motifs is 1. The largest absolute Gasteiger partial charge is 0.489 e. The summed E-state index contributed by atoms with van der Waals surface area (Å²) in [5, 5.41) is 8.30. The van der Waals surface area contributed by atoms with Gasteiger partial charge < -0.3 is 4.74 Å². The van der Waals surface area contributed by atoms with Crippen molar-refractivity contribution in [2.24, 2.45) is 0 Å². The quantitative estimate of drug-likeness (QED) is 0.662. The van der Waals surface area contributed by atoms with Crippen LogP contribution in [0.15, 0.2) is 53.4 Å². The van der Waals surface area contributed by atoms with E-state index in [1.165, 1.54) is 24.3 Å². The average molecular weight is 444 g/mol. The number of halogens is 1. The molecule has 2 aromatic carbocycles. The van der Waals surface area contributed by atoms with Gasteiger partial charge in [0.05, 0.1) is 21.3 Å². The lowest BCUT2D eigenvalue weighted by molar-refractivity contribution is 0.0981. The third-order valence-electron chi connectivity index (χ3n) is 4.70. The monoisotopic (exact) mass is 443 g/mol. The number of rotatable bonds is 4. The zero-order chi connectivity index (χ0) is 21.5. The number of carbonyl (C=O) groups excluding carboxylic acids is 1. The summed E-state index contributed by atoms with van der Waals surface area (Å²) in [6.45, 7) is 3.71. The molecule has 0 aliphatic carbocycles. The number of ether oxygens (including phenoxy) is 1. The van der Waals surface area contributed by atoms with Crippen LogP contribution in [0.1, 0.15) is 28.5 Å². The number of carbonyl (C=O) groups is 1. The van der Waals surface area contributed by atoms with Crippen LogP contribution in [0.3, 0.4) is 0 Å². The van der Waals surface area contributed by atoms with Gasteiger partial charge in [-0.3, -0.25) is 4.79 Å². The Hall–Kier alpha value is -2.97. The number of aromatic nitrogens is 2. The first-order valence-corrected chi connectivity index (χ1v) is 11.1. The highest BCUT2D eigenvalue weighted by molar-refractivity contribution is 7.90. The predicted molar refractivity (Wildman–Crippen MR) is 112 cm³/mol. The van der Waals surface area contributed by atoms with Crippen molar-refractivity contribution in [3.05, 3.63) is 70.4 Å². The van der Waals surface area contributed by atoms with E-state index in [-0.39, 0.29) is 21.6 Å². The summed E-state index contributed by atoms with van der Waals surface area (Å²) in [6.07, 6.45) is 0.470. The fourth-order valence-electron chi connectivity index (χ4n) is 3.20. The first kappa shape index (κ1) is 20.3. The number of nitrogens with zero attached hydrogens (tertiary/aromatic N) is 2. The van der Waals surface area contributed by atoms with Crippen molar-refractivity contribution in [1.82, 2.24) is 14.9 Å². The minimum Gasteiger partial charge on any atom is -0.489 e. The van der Waals surface area contributed by atoms with Crippen LogP contribution < -0.4 is 9.46 Å². The summed E-state index contributed by atoms with van der Waals surface area (Å²) in [6, 6.07) is 12.9. The van der Waals surface area contributed by atoms with E-state index in [4.69, 9.17) is 16.3 Å². The maximum atomic E-state index is 12.7. The molecular weight excluding hydrogens is 426 g/mol. The molecule has 1 aliphatic rings. The molecule has 1 aliphatic heterocycles. The van der Waals surface area contributed by atoms with Crippen molar-refractivity contribution in [3.8, 4) is 17.0 Å². The summed E-state index contributed by atoms with van der Waals surface area (Å²) in [5.41, 5.74) is 3.12. The van der Waals surface area contributed by atoms with Gasteiger partial charge in [0.1, 0.15) is 11.9 Å². The highest BCUT2D eigenvalue weighted by Crippen LogP contribution is 2.38. The third kappa shape index (κ3) is 4.01. The fraction of sp³-hybridized carbons (Fsp3) is 0.190. The van der Waals surface area contributed by atoms with Crippen molar-refractivity contribution in [2.75, 3.05) is 0 Å². The number of hydrogen-bond acceptors (Lipinski definition) is 6. The predicted octanol–water partition coefficient (Wildman–Crippen LogP) is 3.55. The number of amides is 1. The molecule has 7 nitrogen and oxygen atoms in total. The average Bonchev–Trinajstić information content (AvgIpc) is 3.09. The number of nitrogens with one attached hydrogen (secondary N) is 1. The van der Waals surface area contributed by atoms with Crippen LogP contribution in [-0.2, 0) is 16.4 Å². The van der Waals surface area contributed by atoms with Crippen LogP contribution in [0, 0.1) is 6.92 Å². The van der Waals surface area contributed by atoms with Crippen LogP contribution >= 0.6 is 11.6 Å². The van der Waals surface area contributed by atoms with Gasteiger partial charge in [0.25, 0.3) is 15.9 Å². The molecule has 1 N–H and O–H groups in total. The minimum absolute atomic E-state index is 0.0798. The van der Waals surface area contributed by atoms with Gasteiger partial charge in [-0.05, 0) is 50.2 Å². The van der Waals surface area contributed by atoms with E-state index in [9.17, 15) is 13.2 Å². The molecule has 1 aromatic heterocycles. The zero-order valence-electron chi connectivity index (χ0n) is 16.2. The summed E-state index contributed by atoms with van der Waals surface area (Å²) < 4.78 is 33.1. The molecule has 30 heavy (non-hydrogen) atoms. The maximum Gasteiger partial charge on any atom is 0.264 e. The Morgan fingerprint density at radius 2 is 1.87 bits per heavy atom. The van der Waals surface area contributed by atoms with E-state index in [1.807, 2.05) is 26.0 Å². The summed E-state index contributed by atoms with van der Waals surface area (Å²) in [5.74, 6) is -0.248. The van der Waals surface area contributed by atoms with Gasteiger partial charge in [-0.1, -0.05) is 23.7 Å². The summed E-state index contributed by atoms with van der Waals surface area (Å²) in [4.78, 5) is 12.4. The Labute approximate surface area is 179 Å². The lowest BCUT2D eigenvalue weighted by atomic mass is 10.1. The van der Waals surface area contributed by atoms with E-state index >= 15 is 0 Å². The smallest absolute Gasteiger partial charge is 0.264 e. The van der Waals surface area contributed by atoms with Crippen molar-refractivity contribution in [2.45, 2.75) is 31.3 Å². The van der Waals surface area contributed by atoms with E-state index in [1.54, 1.807) is 12.1 Å². The summed E-state index contributed by atoms with van der Waals surface area (Å²) in [7, 11) is -4.10. The highest BCUT2D eigenvalue weighted by Gasteiger charge is 2.27. The molecule has 0 saturated carbocycles. The van der Waals surface area contributed by atoms with Crippen molar-refractivity contribution < 1.29 is 17.9 Å². The zero-order valence-corrected chi connectivity index (χ0v) is 17.8. The van der Waals surface area contributed by atoms with Gasteiger partial charge in [0.2, 0.25) is 0 Å². The van der Waals surface area contributed by atoms with Crippen LogP contribution in [0.5, 0.6) is 5.75 Å².